The highest BCUT2D eigenvalue weighted by atomic mass is 32.2. The molecule has 0 aliphatic heterocycles. The molecule has 3 aromatic rings. The van der Waals surface area contributed by atoms with Crippen LogP contribution in [0.3, 0.4) is 0 Å². The second-order valence-electron chi connectivity index (χ2n) is 6.48. The Labute approximate surface area is 171 Å². The van der Waals surface area contributed by atoms with Gasteiger partial charge in [0.05, 0.1) is 15.9 Å². The minimum absolute atomic E-state index is 0.136. The summed E-state index contributed by atoms with van der Waals surface area (Å²) in [5, 5.41) is 21.5. The van der Waals surface area contributed by atoms with E-state index in [9.17, 15) is 28.1 Å². The third-order valence-electron chi connectivity index (χ3n) is 4.42. The lowest BCUT2D eigenvalue weighted by atomic mass is 10.0. The molecule has 154 valence electrons. The summed E-state index contributed by atoms with van der Waals surface area (Å²) in [5.41, 5.74) is -0.0172. The number of carboxylic acid groups (broad SMARTS) is 1. The molecular formula is C20H16N2O7S. The van der Waals surface area contributed by atoms with E-state index in [-0.39, 0.29) is 22.6 Å². The first-order chi connectivity index (χ1) is 14.2. The number of non-ortho nitro benzene ring substituents is 1. The molecule has 1 atom stereocenters. The van der Waals surface area contributed by atoms with Crippen molar-refractivity contribution in [2.75, 3.05) is 0 Å². The molecule has 0 saturated heterocycles. The third-order valence-corrected chi connectivity index (χ3v) is 5.89. The van der Waals surface area contributed by atoms with E-state index in [0.717, 1.165) is 11.5 Å². The van der Waals surface area contributed by atoms with Gasteiger partial charge in [-0.1, -0.05) is 42.5 Å². The molecule has 0 aliphatic carbocycles. The van der Waals surface area contributed by atoms with Gasteiger partial charge in [0.25, 0.3) is 11.5 Å². The summed E-state index contributed by atoms with van der Waals surface area (Å²) in [7, 11) is -4.24. The second kappa shape index (κ2) is 8.39. The Bertz CT molecular complexity index is 1250. The van der Waals surface area contributed by atoms with Gasteiger partial charge in [-0.25, -0.2) is 13.2 Å². The monoisotopic (exact) mass is 428 g/mol. The summed E-state index contributed by atoms with van der Waals surface area (Å²) in [5.74, 6) is -3.18. The van der Waals surface area contributed by atoms with Crippen molar-refractivity contribution in [2.24, 2.45) is 0 Å². The first-order valence-electron chi connectivity index (χ1n) is 8.69. The zero-order valence-electron chi connectivity index (χ0n) is 15.4. The van der Waals surface area contributed by atoms with E-state index in [4.69, 9.17) is 5.11 Å². The number of sulfonamides is 1. The summed E-state index contributed by atoms with van der Waals surface area (Å²) in [6, 6.07) is 15.0. The van der Waals surface area contributed by atoms with E-state index < -0.39 is 32.7 Å². The number of nitrogens with one attached hydrogen (secondary N) is 1. The van der Waals surface area contributed by atoms with Gasteiger partial charge in [0.15, 0.2) is 0 Å². The average Bonchev–Trinajstić information content (AvgIpc) is 2.72. The van der Waals surface area contributed by atoms with Crippen LogP contribution < -0.4 is 4.72 Å². The van der Waals surface area contributed by atoms with Crippen LogP contribution in [0.5, 0.6) is 0 Å². The van der Waals surface area contributed by atoms with Crippen LogP contribution in [0.25, 0.3) is 10.8 Å². The highest BCUT2D eigenvalue weighted by Crippen LogP contribution is 2.20. The number of nitro groups is 1. The predicted octanol–water partition coefficient (Wildman–Crippen LogP) is 2.29. The van der Waals surface area contributed by atoms with Crippen molar-refractivity contribution in [3.63, 3.8) is 0 Å². The molecule has 0 aliphatic rings. The van der Waals surface area contributed by atoms with Gasteiger partial charge in [0.1, 0.15) is 0 Å². The normalized spacial score (nSPS) is 12.4. The molecule has 0 amide bonds. The number of aliphatic carboxylic acids is 1. The number of carboxylic acids is 1. The first kappa shape index (κ1) is 21.1. The van der Waals surface area contributed by atoms with Crippen molar-refractivity contribution >= 4 is 38.2 Å². The number of carbonyl (C=O) groups excluding carboxylic acids is 1. The van der Waals surface area contributed by atoms with E-state index in [1.54, 1.807) is 30.3 Å². The fraction of sp³-hybridized carbons (Fsp3) is 0.100. The number of nitro benzene ring substituents is 1. The van der Waals surface area contributed by atoms with Gasteiger partial charge in [-0.05, 0) is 34.9 Å². The summed E-state index contributed by atoms with van der Waals surface area (Å²) >= 11 is 0. The number of hydrogen-bond donors (Lipinski definition) is 2. The SMILES string of the molecule is O=C(O)C(=O)[C@H](Cc1cccc([N+](=O)[O-])c1)NS(=O)(=O)c1ccc2ccccc2c1. The quantitative estimate of drug-likeness (QED) is 0.318. The second-order valence-corrected chi connectivity index (χ2v) is 8.20. The molecule has 9 nitrogen and oxygen atoms in total. The lowest BCUT2D eigenvalue weighted by Gasteiger charge is -2.16. The lowest BCUT2D eigenvalue weighted by molar-refractivity contribution is -0.384. The molecule has 3 rings (SSSR count). The van der Waals surface area contributed by atoms with Crippen LogP contribution in [0.15, 0.2) is 71.6 Å². The van der Waals surface area contributed by atoms with Crippen LogP contribution >= 0.6 is 0 Å². The van der Waals surface area contributed by atoms with Gasteiger partial charge in [-0.3, -0.25) is 14.9 Å². The van der Waals surface area contributed by atoms with Crippen LogP contribution in [-0.2, 0) is 26.0 Å². The molecule has 0 heterocycles. The average molecular weight is 428 g/mol. The van der Waals surface area contributed by atoms with Crippen LogP contribution in [-0.4, -0.2) is 36.2 Å². The molecule has 10 heteroatoms. The van der Waals surface area contributed by atoms with Gasteiger partial charge >= 0.3 is 5.97 Å². The molecule has 0 fully saturated rings. The Hall–Kier alpha value is -3.63. The molecular weight excluding hydrogens is 412 g/mol. The van der Waals surface area contributed by atoms with Crippen molar-refractivity contribution in [1.29, 1.82) is 0 Å². The maximum Gasteiger partial charge on any atom is 0.373 e. The fourth-order valence-electron chi connectivity index (χ4n) is 2.96. The summed E-state index contributed by atoms with van der Waals surface area (Å²) < 4.78 is 27.8. The maximum absolute atomic E-state index is 12.8. The highest BCUT2D eigenvalue weighted by molar-refractivity contribution is 7.89. The van der Waals surface area contributed by atoms with Crippen molar-refractivity contribution in [3.05, 3.63) is 82.4 Å². The summed E-state index contributed by atoms with van der Waals surface area (Å²) in [4.78, 5) is 33.5. The van der Waals surface area contributed by atoms with Gasteiger partial charge in [0, 0.05) is 12.1 Å². The van der Waals surface area contributed by atoms with E-state index in [1.807, 2.05) is 0 Å². The lowest BCUT2D eigenvalue weighted by Crippen LogP contribution is -2.45. The molecule has 0 radical (unpaired) electrons. The number of rotatable bonds is 8. The van der Waals surface area contributed by atoms with Crippen LogP contribution in [0.2, 0.25) is 0 Å². The zero-order chi connectivity index (χ0) is 21.9. The number of benzene rings is 3. The van der Waals surface area contributed by atoms with Crippen molar-refractivity contribution in [2.45, 2.75) is 17.4 Å². The Morgan fingerprint density at radius 1 is 1.00 bits per heavy atom. The number of nitrogens with zero attached hydrogens (tertiary/aromatic N) is 1. The number of fused-ring (bicyclic) bond motifs is 1. The van der Waals surface area contributed by atoms with Crippen LogP contribution in [0.1, 0.15) is 5.56 Å². The van der Waals surface area contributed by atoms with E-state index in [0.29, 0.717) is 5.39 Å². The Balaban J connectivity index is 1.93. The highest BCUT2D eigenvalue weighted by Gasteiger charge is 2.30. The van der Waals surface area contributed by atoms with E-state index >= 15 is 0 Å². The predicted molar refractivity (Wildman–Crippen MR) is 108 cm³/mol. The number of carbonyl (C=O) groups is 2. The van der Waals surface area contributed by atoms with E-state index in [2.05, 4.69) is 4.72 Å². The molecule has 0 aromatic heterocycles. The molecule has 0 saturated carbocycles. The minimum atomic E-state index is -4.24. The van der Waals surface area contributed by atoms with Gasteiger partial charge in [-0.2, -0.15) is 4.72 Å². The molecule has 0 bridgehead atoms. The van der Waals surface area contributed by atoms with Crippen LogP contribution in [0.4, 0.5) is 5.69 Å². The van der Waals surface area contributed by atoms with E-state index in [1.165, 1.54) is 30.3 Å². The maximum atomic E-state index is 12.8. The zero-order valence-corrected chi connectivity index (χ0v) is 16.2. The Kier molecular flexibility index (Phi) is 5.90. The molecule has 30 heavy (non-hydrogen) atoms. The Morgan fingerprint density at radius 3 is 2.37 bits per heavy atom. The molecule has 0 spiro atoms. The van der Waals surface area contributed by atoms with Gasteiger partial charge < -0.3 is 5.11 Å². The number of ketones is 1. The molecule has 0 unspecified atom stereocenters. The standard InChI is InChI=1S/C20H16N2O7S/c23-19(20(24)25)18(11-13-4-3-7-16(10-13)22(26)27)21-30(28,29)17-9-8-14-5-1-2-6-15(14)12-17/h1-10,12,18,21H,11H2,(H,24,25)/t18-/m0/s1. The smallest absolute Gasteiger partial charge is 0.373 e. The van der Waals surface area contributed by atoms with Gasteiger partial charge in [-0.15, -0.1) is 0 Å². The van der Waals surface area contributed by atoms with Crippen molar-refractivity contribution in [1.82, 2.24) is 4.72 Å². The number of hydrogen-bond acceptors (Lipinski definition) is 6. The summed E-state index contributed by atoms with van der Waals surface area (Å²) in [6.07, 6.45) is -0.361. The topological polar surface area (TPSA) is 144 Å². The van der Waals surface area contributed by atoms with Crippen LogP contribution in [0, 0.1) is 10.1 Å². The van der Waals surface area contributed by atoms with Crippen molar-refractivity contribution in [3.8, 4) is 0 Å². The number of Topliss-reactive ketones (excluding diaryl/α,β-unsaturated/α-hetero) is 1. The minimum Gasteiger partial charge on any atom is -0.475 e. The fourth-order valence-corrected chi connectivity index (χ4v) is 4.19. The third kappa shape index (κ3) is 4.67. The largest absolute Gasteiger partial charge is 0.475 e. The Morgan fingerprint density at radius 2 is 1.70 bits per heavy atom. The summed E-state index contributed by atoms with van der Waals surface area (Å²) in [6.45, 7) is 0. The first-order valence-corrected chi connectivity index (χ1v) is 10.2. The van der Waals surface area contributed by atoms with Gasteiger partial charge in [0.2, 0.25) is 10.0 Å². The van der Waals surface area contributed by atoms with Crippen molar-refractivity contribution < 1.29 is 28.0 Å². The molecule has 2 N–H and O–H groups in total. The molecule has 3 aromatic carbocycles.